The first-order valence-corrected chi connectivity index (χ1v) is 7.60. The molecule has 0 radical (unpaired) electrons. The van der Waals surface area contributed by atoms with Crippen molar-refractivity contribution >= 4 is 27.3 Å². The molecule has 1 heterocycles. The van der Waals surface area contributed by atoms with Gasteiger partial charge in [0.15, 0.2) is 0 Å². The van der Waals surface area contributed by atoms with Crippen molar-refractivity contribution in [3.8, 4) is 0 Å². The molecule has 2 N–H and O–H groups in total. The van der Waals surface area contributed by atoms with E-state index in [0.717, 1.165) is 9.35 Å². The molecule has 0 amide bonds. The summed E-state index contributed by atoms with van der Waals surface area (Å²) in [5.41, 5.74) is 8.97. The maximum Gasteiger partial charge on any atom is 0.0702 e. The minimum Gasteiger partial charge on any atom is -0.320 e. The molecule has 0 saturated carbocycles. The van der Waals surface area contributed by atoms with Crippen molar-refractivity contribution in [1.82, 2.24) is 0 Å². The van der Waals surface area contributed by atoms with Gasteiger partial charge in [-0.25, -0.2) is 0 Å². The van der Waals surface area contributed by atoms with Gasteiger partial charge >= 0.3 is 0 Å². The Morgan fingerprint density at radius 3 is 2.11 bits per heavy atom. The number of rotatable bonds is 2. The van der Waals surface area contributed by atoms with Gasteiger partial charge in [0.2, 0.25) is 0 Å². The zero-order valence-electron chi connectivity index (χ0n) is 10.9. The minimum atomic E-state index is -0.0321. The third-order valence-corrected chi connectivity index (χ3v) is 4.74. The van der Waals surface area contributed by atoms with Crippen molar-refractivity contribution < 1.29 is 0 Å². The quantitative estimate of drug-likeness (QED) is 0.839. The van der Waals surface area contributed by atoms with Crippen LogP contribution in [0.25, 0.3) is 0 Å². The lowest BCUT2D eigenvalue weighted by Crippen LogP contribution is -2.13. The molecule has 2 rings (SSSR count). The molecule has 0 aliphatic heterocycles. The van der Waals surface area contributed by atoms with E-state index in [2.05, 4.69) is 67.0 Å². The van der Waals surface area contributed by atoms with E-state index in [4.69, 9.17) is 5.73 Å². The van der Waals surface area contributed by atoms with Gasteiger partial charge in [0.1, 0.15) is 0 Å². The molecule has 1 nitrogen and oxygen atoms in total. The van der Waals surface area contributed by atoms with Gasteiger partial charge in [0.05, 0.1) is 9.83 Å². The number of halogens is 1. The molecule has 2 aromatic rings. The molecule has 0 aliphatic carbocycles. The van der Waals surface area contributed by atoms with E-state index in [9.17, 15) is 0 Å². The Balaban J connectivity index is 2.24. The molecule has 18 heavy (non-hydrogen) atoms. The molecule has 1 unspecified atom stereocenters. The Kier molecular flexibility index (Phi) is 3.95. The number of nitrogens with two attached hydrogens (primary N) is 1. The summed E-state index contributed by atoms with van der Waals surface area (Å²) in [7, 11) is 0. The first-order valence-electron chi connectivity index (χ1n) is 5.99. The molecule has 3 heteroatoms. The van der Waals surface area contributed by atoms with Gasteiger partial charge in [-0.15, -0.1) is 11.3 Å². The molecule has 0 fully saturated rings. The van der Waals surface area contributed by atoms with Gasteiger partial charge < -0.3 is 5.73 Å². The van der Waals surface area contributed by atoms with E-state index in [0.29, 0.717) is 0 Å². The summed E-state index contributed by atoms with van der Waals surface area (Å²) in [6.07, 6.45) is 0. The molecule has 0 bridgehead atoms. The van der Waals surface area contributed by atoms with Gasteiger partial charge in [-0.3, -0.25) is 0 Å². The summed E-state index contributed by atoms with van der Waals surface area (Å²) in [5, 5.41) is 0. The third-order valence-electron chi connectivity index (χ3n) is 3.04. The van der Waals surface area contributed by atoms with Crippen molar-refractivity contribution in [2.75, 3.05) is 0 Å². The number of hydrogen-bond acceptors (Lipinski definition) is 2. The average molecular weight is 324 g/mol. The second-order valence-electron chi connectivity index (χ2n) is 5.49. The fourth-order valence-electron chi connectivity index (χ4n) is 1.85. The minimum absolute atomic E-state index is 0.0321. The lowest BCUT2D eigenvalue weighted by molar-refractivity contribution is 0.590. The Bertz CT molecular complexity index is 522. The first-order chi connectivity index (χ1) is 8.38. The van der Waals surface area contributed by atoms with Crippen LogP contribution in [0.1, 0.15) is 42.8 Å². The summed E-state index contributed by atoms with van der Waals surface area (Å²) in [6.45, 7) is 6.66. The SMILES string of the molecule is CC(C)(C)c1ccc(C(N)c2ccc(Br)s2)cc1. The Morgan fingerprint density at radius 1 is 1.06 bits per heavy atom. The molecular formula is C15H18BrNS. The van der Waals surface area contributed by atoms with Crippen molar-refractivity contribution in [2.45, 2.75) is 32.2 Å². The highest BCUT2D eigenvalue weighted by Crippen LogP contribution is 2.31. The van der Waals surface area contributed by atoms with Crippen LogP contribution in [-0.4, -0.2) is 0 Å². The molecular weight excluding hydrogens is 306 g/mol. The molecule has 96 valence electrons. The van der Waals surface area contributed by atoms with Gasteiger partial charge in [0, 0.05) is 4.88 Å². The van der Waals surface area contributed by atoms with Gasteiger partial charge in [-0.1, -0.05) is 45.0 Å². The highest BCUT2D eigenvalue weighted by molar-refractivity contribution is 9.11. The molecule has 1 aromatic heterocycles. The van der Waals surface area contributed by atoms with Crippen molar-refractivity contribution in [3.63, 3.8) is 0 Å². The van der Waals surface area contributed by atoms with Crippen molar-refractivity contribution in [3.05, 3.63) is 56.2 Å². The summed E-state index contributed by atoms with van der Waals surface area (Å²) in [4.78, 5) is 1.19. The fraction of sp³-hybridized carbons (Fsp3) is 0.333. The number of thiophene rings is 1. The lowest BCUT2D eigenvalue weighted by atomic mass is 9.86. The highest BCUT2D eigenvalue weighted by atomic mass is 79.9. The summed E-state index contributed by atoms with van der Waals surface area (Å²) >= 11 is 5.17. The third kappa shape index (κ3) is 3.02. The number of benzene rings is 1. The van der Waals surface area contributed by atoms with E-state index in [-0.39, 0.29) is 11.5 Å². The van der Waals surface area contributed by atoms with Crippen LogP contribution in [0.5, 0.6) is 0 Å². The molecule has 1 aromatic carbocycles. The standard InChI is InChI=1S/C15H18BrNS/c1-15(2,3)11-6-4-10(5-7-11)14(17)12-8-9-13(16)18-12/h4-9,14H,17H2,1-3H3. The summed E-state index contributed by atoms with van der Waals surface area (Å²) < 4.78 is 1.12. The zero-order valence-corrected chi connectivity index (χ0v) is 13.3. The van der Waals surface area contributed by atoms with Gasteiger partial charge in [-0.05, 0) is 44.6 Å². The van der Waals surface area contributed by atoms with E-state index in [1.165, 1.54) is 10.4 Å². The first kappa shape index (κ1) is 13.8. The van der Waals surface area contributed by atoms with Crippen LogP contribution in [0.2, 0.25) is 0 Å². The van der Waals surface area contributed by atoms with Gasteiger partial charge in [0.25, 0.3) is 0 Å². The second kappa shape index (κ2) is 5.16. The van der Waals surface area contributed by atoms with E-state index >= 15 is 0 Å². The van der Waals surface area contributed by atoms with Crippen LogP contribution in [0.3, 0.4) is 0 Å². The fourth-order valence-corrected chi connectivity index (χ4v) is 3.30. The summed E-state index contributed by atoms with van der Waals surface area (Å²) in [5.74, 6) is 0. The van der Waals surface area contributed by atoms with Crippen LogP contribution >= 0.6 is 27.3 Å². The zero-order chi connectivity index (χ0) is 13.3. The smallest absolute Gasteiger partial charge is 0.0702 e. The highest BCUT2D eigenvalue weighted by Gasteiger charge is 2.15. The Morgan fingerprint density at radius 2 is 1.67 bits per heavy atom. The molecule has 0 saturated heterocycles. The van der Waals surface area contributed by atoms with Crippen LogP contribution in [0.15, 0.2) is 40.2 Å². The van der Waals surface area contributed by atoms with Crippen LogP contribution < -0.4 is 5.73 Å². The predicted octanol–water partition coefficient (Wildman–Crippen LogP) is 4.86. The largest absolute Gasteiger partial charge is 0.320 e. The maximum atomic E-state index is 6.28. The predicted molar refractivity (Wildman–Crippen MR) is 83.2 cm³/mol. The average Bonchev–Trinajstić information content (AvgIpc) is 2.74. The van der Waals surface area contributed by atoms with Gasteiger partial charge in [-0.2, -0.15) is 0 Å². The number of hydrogen-bond donors (Lipinski definition) is 1. The lowest BCUT2D eigenvalue weighted by Gasteiger charge is -2.20. The molecule has 0 spiro atoms. The summed E-state index contributed by atoms with van der Waals surface area (Å²) in [6, 6.07) is 12.7. The van der Waals surface area contributed by atoms with Crippen LogP contribution in [0.4, 0.5) is 0 Å². The van der Waals surface area contributed by atoms with Crippen molar-refractivity contribution in [1.29, 1.82) is 0 Å². The molecule has 0 aliphatic rings. The Hall–Kier alpha value is -0.640. The topological polar surface area (TPSA) is 26.0 Å². The van der Waals surface area contributed by atoms with Crippen LogP contribution in [0, 0.1) is 0 Å². The van der Waals surface area contributed by atoms with E-state index in [1.807, 2.05) is 6.07 Å². The van der Waals surface area contributed by atoms with Crippen LogP contribution in [-0.2, 0) is 5.41 Å². The molecule has 1 atom stereocenters. The monoisotopic (exact) mass is 323 g/mol. The maximum absolute atomic E-state index is 6.28. The normalized spacial score (nSPS) is 13.6. The Labute approximate surface area is 121 Å². The second-order valence-corrected chi connectivity index (χ2v) is 7.99. The van der Waals surface area contributed by atoms with E-state index in [1.54, 1.807) is 11.3 Å². The van der Waals surface area contributed by atoms with Crippen molar-refractivity contribution in [2.24, 2.45) is 5.73 Å². The van der Waals surface area contributed by atoms with E-state index < -0.39 is 0 Å².